The molecule has 0 fully saturated rings. The van der Waals surface area contributed by atoms with Crippen LogP contribution in [-0.4, -0.2) is 35.6 Å². The summed E-state index contributed by atoms with van der Waals surface area (Å²) in [5.74, 6) is -5.20. The fourth-order valence-corrected chi connectivity index (χ4v) is 3.86. The topological polar surface area (TPSA) is 68.3 Å². The number of methoxy groups -OCH3 is 1. The maximum Gasteiger partial charge on any atom is 0.321 e. The van der Waals surface area contributed by atoms with Crippen molar-refractivity contribution < 1.29 is 23.1 Å². The predicted octanol–water partition coefficient (Wildman–Crippen LogP) is 5.13. The molecule has 9 heteroatoms. The van der Waals surface area contributed by atoms with Crippen molar-refractivity contribution >= 4 is 40.8 Å². The third-order valence-electron chi connectivity index (χ3n) is 4.28. The maximum absolute atomic E-state index is 14.3. The van der Waals surface area contributed by atoms with E-state index in [9.17, 15) is 18.4 Å². The fraction of sp³-hybridized carbons (Fsp3) is 0.286. The number of thioether (sulfide) groups is 1. The SMILES string of the molecule is C=C(Cl)SC(CC)CNc1cccnc1C(=O)C(C(=O)OC)c1ccc(F)cc1F. The van der Waals surface area contributed by atoms with Gasteiger partial charge >= 0.3 is 5.97 Å². The minimum absolute atomic E-state index is 0.0545. The summed E-state index contributed by atoms with van der Waals surface area (Å²) in [5.41, 5.74) is 0.0321. The number of ether oxygens (including phenoxy) is 1. The molecule has 1 aromatic carbocycles. The number of Topliss-reactive ketones (excluding diaryl/α,β-unsaturated/α-hetero) is 1. The van der Waals surface area contributed by atoms with Gasteiger partial charge in [0.05, 0.1) is 17.2 Å². The number of ketones is 1. The molecule has 0 bridgehead atoms. The molecule has 0 spiro atoms. The van der Waals surface area contributed by atoms with Crippen LogP contribution in [-0.2, 0) is 9.53 Å². The first-order chi connectivity index (χ1) is 14.3. The number of carbonyl (C=O) groups excluding carboxylic acids is 2. The van der Waals surface area contributed by atoms with Gasteiger partial charge in [0.2, 0.25) is 5.78 Å². The van der Waals surface area contributed by atoms with Gasteiger partial charge in [0.25, 0.3) is 0 Å². The number of carbonyl (C=O) groups is 2. The van der Waals surface area contributed by atoms with Gasteiger partial charge in [-0.05, 0) is 24.6 Å². The van der Waals surface area contributed by atoms with Gasteiger partial charge in [-0.1, -0.05) is 31.2 Å². The van der Waals surface area contributed by atoms with Gasteiger partial charge in [-0.15, -0.1) is 11.8 Å². The van der Waals surface area contributed by atoms with E-state index in [1.165, 1.54) is 18.0 Å². The number of esters is 1. The summed E-state index contributed by atoms with van der Waals surface area (Å²) in [5, 5.41) is 3.21. The van der Waals surface area contributed by atoms with Gasteiger partial charge in [0, 0.05) is 29.6 Å². The summed E-state index contributed by atoms with van der Waals surface area (Å²) in [6.07, 6.45) is 2.18. The average molecular weight is 455 g/mol. The van der Waals surface area contributed by atoms with E-state index in [0.29, 0.717) is 22.7 Å². The fourth-order valence-electron chi connectivity index (χ4n) is 2.78. The van der Waals surface area contributed by atoms with Crippen LogP contribution in [0.25, 0.3) is 0 Å². The standard InChI is InChI=1S/C21H21ClF2N2O3S/c1-4-14(30-12(2)22)11-26-17-6-5-9-25-19(17)20(27)18(21(28)29-3)15-8-7-13(23)10-16(15)24/h5-10,14,18,26H,2,4,11H2,1,3H3. The number of anilines is 1. The molecule has 30 heavy (non-hydrogen) atoms. The molecular weight excluding hydrogens is 434 g/mol. The van der Waals surface area contributed by atoms with Crippen LogP contribution in [0.1, 0.15) is 35.3 Å². The molecule has 0 aliphatic carbocycles. The highest BCUT2D eigenvalue weighted by Crippen LogP contribution is 2.29. The van der Waals surface area contributed by atoms with E-state index in [0.717, 1.165) is 25.7 Å². The summed E-state index contributed by atoms with van der Waals surface area (Å²) >= 11 is 7.25. The molecule has 0 radical (unpaired) electrons. The van der Waals surface area contributed by atoms with E-state index in [1.807, 2.05) is 6.92 Å². The van der Waals surface area contributed by atoms with Crippen LogP contribution < -0.4 is 5.32 Å². The molecule has 0 amide bonds. The average Bonchev–Trinajstić information content (AvgIpc) is 2.72. The van der Waals surface area contributed by atoms with Crippen molar-refractivity contribution in [2.45, 2.75) is 24.5 Å². The van der Waals surface area contributed by atoms with E-state index in [1.54, 1.807) is 12.1 Å². The first-order valence-electron chi connectivity index (χ1n) is 9.05. The van der Waals surface area contributed by atoms with Gasteiger partial charge in [-0.25, -0.2) is 8.78 Å². The summed E-state index contributed by atoms with van der Waals surface area (Å²) < 4.78 is 32.8. The largest absolute Gasteiger partial charge is 0.468 e. The van der Waals surface area contributed by atoms with Crippen molar-refractivity contribution in [2.75, 3.05) is 19.0 Å². The zero-order valence-corrected chi connectivity index (χ0v) is 18.0. The Morgan fingerprint density at radius 1 is 1.33 bits per heavy atom. The molecule has 1 aromatic heterocycles. The zero-order chi connectivity index (χ0) is 22.3. The van der Waals surface area contributed by atoms with Crippen molar-refractivity contribution in [2.24, 2.45) is 0 Å². The number of pyridine rings is 1. The quantitative estimate of drug-likeness (QED) is 0.305. The number of halogens is 3. The third kappa shape index (κ3) is 6.03. The van der Waals surface area contributed by atoms with E-state index >= 15 is 0 Å². The first-order valence-corrected chi connectivity index (χ1v) is 10.3. The van der Waals surface area contributed by atoms with Crippen LogP contribution in [0.15, 0.2) is 47.5 Å². The number of hydrogen-bond donors (Lipinski definition) is 1. The molecule has 5 nitrogen and oxygen atoms in total. The zero-order valence-electron chi connectivity index (χ0n) is 16.5. The summed E-state index contributed by atoms with van der Waals surface area (Å²) in [4.78, 5) is 29.6. The van der Waals surface area contributed by atoms with Gasteiger partial charge in [0.1, 0.15) is 23.2 Å². The molecule has 2 unspecified atom stereocenters. The van der Waals surface area contributed by atoms with Crippen LogP contribution in [0.4, 0.5) is 14.5 Å². The molecule has 0 aliphatic heterocycles. The highest BCUT2D eigenvalue weighted by Gasteiger charge is 2.35. The predicted molar refractivity (Wildman–Crippen MR) is 115 cm³/mol. The highest BCUT2D eigenvalue weighted by atomic mass is 35.5. The Balaban J connectivity index is 2.37. The normalized spacial score (nSPS) is 12.7. The molecule has 0 saturated heterocycles. The summed E-state index contributed by atoms with van der Waals surface area (Å²) in [6.45, 7) is 6.10. The Hall–Kier alpha value is -2.45. The highest BCUT2D eigenvalue weighted by molar-refractivity contribution is 8.05. The molecule has 2 aromatic rings. The van der Waals surface area contributed by atoms with Crippen LogP contribution >= 0.6 is 23.4 Å². The number of aromatic nitrogens is 1. The summed E-state index contributed by atoms with van der Waals surface area (Å²) in [7, 11) is 1.09. The van der Waals surface area contributed by atoms with Gasteiger partial charge in [-0.2, -0.15) is 0 Å². The third-order valence-corrected chi connectivity index (χ3v) is 5.64. The molecule has 1 heterocycles. The monoisotopic (exact) mass is 454 g/mol. The molecule has 1 N–H and O–H groups in total. The lowest BCUT2D eigenvalue weighted by atomic mass is 9.91. The molecular formula is C21H21ClF2N2O3S. The maximum atomic E-state index is 14.3. The Kier molecular flexibility index (Phi) is 8.80. The van der Waals surface area contributed by atoms with Crippen LogP contribution in [0.5, 0.6) is 0 Å². The van der Waals surface area contributed by atoms with E-state index < -0.39 is 29.3 Å². The van der Waals surface area contributed by atoms with E-state index in [4.69, 9.17) is 16.3 Å². The Morgan fingerprint density at radius 2 is 2.07 bits per heavy atom. The number of rotatable bonds is 10. The molecule has 0 saturated carbocycles. The van der Waals surface area contributed by atoms with Crippen molar-refractivity contribution in [3.63, 3.8) is 0 Å². The lowest BCUT2D eigenvalue weighted by Gasteiger charge is -2.19. The van der Waals surface area contributed by atoms with Gasteiger partial charge in [-0.3, -0.25) is 14.6 Å². The number of nitrogens with one attached hydrogen (secondary N) is 1. The number of benzene rings is 1. The Morgan fingerprint density at radius 3 is 2.67 bits per heavy atom. The van der Waals surface area contributed by atoms with Crippen LogP contribution in [0.3, 0.4) is 0 Å². The minimum atomic E-state index is -1.62. The van der Waals surface area contributed by atoms with Crippen molar-refractivity contribution in [3.05, 3.63) is 70.4 Å². The Bertz CT molecular complexity index is 942. The van der Waals surface area contributed by atoms with Gasteiger partial charge in [0.15, 0.2) is 0 Å². The molecule has 2 rings (SSSR count). The van der Waals surface area contributed by atoms with Crippen LogP contribution in [0, 0.1) is 11.6 Å². The van der Waals surface area contributed by atoms with Crippen molar-refractivity contribution in [1.82, 2.24) is 4.98 Å². The smallest absolute Gasteiger partial charge is 0.321 e. The first kappa shape index (κ1) is 23.8. The number of nitrogens with zero attached hydrogens (tertiary/aromatic N) is 1. The number of hydrogen-bond acceptors (Lipinski definition) is 6. The lowest BCUT2D eigenvalue weighted by molar-refractivity contribution is -0.141. The second kappa shape index (κ2) is 11.1. The second-order valence-corrected chi connectivity index (χ2v) is 8.35. The van der Waals surface area contributed by atoms with Crippen molar-refractivity contribution in [1.29, 1.82) is 0 Å². The molecule has 2 atom stereocenters. The molecule has 0 aliphatic rings. The van der Waals surface area contributed by atoms with E-state index in [2.05, 4.69) is 16.9 Å². The van der Waals surface area contributed by atoms with Gasteiger partial charge < -0.3 is 10.1 Å². The van der Waals surface area contributed by atoms with Crippen LogP contribution in [0.2, 0.25) is 0 Å². The summed E-state index contributed by atoms with van der Waals surface area (Å²) in [6, 6.07) is 5.89. The molecule has 160 valence electrons. The minimum Gasteiger partial charge on any atom is -0.468 e. The second-order valence-electron chi connectivity index (χ2n) is 6.27. The van der Waals surface area contributed by atoms with Crippen molar-refractivity contribution in [3.8, 4) is 0 Å². The Labute approximate surface area is 182 Å². The lowest BCUT2D eigenvalue weighted by Crippen LogP contribution is -2.26. The van der Waals surface area contributed by atoms with E-state index in [-0.39, 0.29) is 16.5 Å².